The Hall–Kier alpha value is -2.75. The van der Waals surface area contributed by atoms with E-state index in [0.29, 0.717) is 12.5 Å². The Balaban J connectivity index is 1.79. The lowest BCUT2D eigenvalue weighted by Gasteiger charge is -2.06. The van der Waals surface area contributed by atoms with Crippen LogP contribution in [0.3, 0.4) is 0 Å². The molecular formula is C19H15N3O. The molecule has 0 saturated carbocycles. The van der Waals surface area contributed by atoms with E-state index in [9.17, 15) is 0 Å². The van der Waals surface area contributed by atoms with Gasteiger partial charge in [0.05, 0.1) is 22.9 Å². The highest BCUT2D eigenvalue weighted by Crippen LogP contribution is 2.34. The quantitative estimate of drug-likeness (QED) is 0.681. The summed E-state index contributed by atoms with van der Waals surface area (Å²) in [6, 6.07) is 10.4. The molecule has 0 spiro atoms. The van der Waals surface area contributed by atoms with Crippen molar-refractivity contribution in [1.29, 1.82) is 0 Å². The Morgan fingerprint density at radius 2 is 1.91 bits per heavy atom. The molecule has 5 rings (SSSR count). The molecule has 4 nitrogen and oxygen atoms in total. The average molecular weight is 301 g/mol. The van der Waals surface area contributed by atoms with Gasteiger partial charge in [0.15, 0.2) is 0 Å². The lowest BCUT2D eigenvalue weighted by molar-refractivity contribution is 0.347. The molecule has 2 aromatic carbocycles. The second kappa shape index (κ2) is 4.38. The third kappa shape index (κ3) is 1.63. The molecule has 112 valence electrons. The number of rotatable bonds is 1. The topological polar surface area (TPSA) is 46.3 Å². The minimum absolute atomic E-state index is 0.649. The molecule has 3 heterocycles. The van der Waals surface area contributed by atoms with E-state index in [-0.39, 0.29) is 0 Å². The molecule has 0 atom stereocenters. The molecule has 0 aliphatic carbocycles. The SMILES string of the molecule is CC1=C(C2=NCCO2)N=c2cc3c(c(C)c21)=Nc1ccccc1-3. The van der Waals surface area contributed by atoms with Gasteiger partial charge in [-0.2, -0.15) is 0 Å². The van der Waals surface area contributed by atoms with E-state index >= 15 is 0 Å². The van der Waals surface area contributed by atoms with Crippen LogP contribution in [-0.4, -0.2) is 19.0 Å². The van der Waals surface area contributed by atoms with E-state index in [2.05, 4.69) is 43.1 Å². The van der Waals surface area contributed by atoms with Gasteiger partial charge in [0.1, 0.15) is 12.3 Å². The Morgan fingerprint density at radius 1 is 1.04 bits per heavy atom. The first kappa shape index (κ1) is 12.8. The minimum Gasteiger partial charge on any atom is -0.474 e. The fourth-order valence-corrected chi connectivity index (χ4v) is 3.63. The zero-order chi connectivity index (χ0) is 15.6. The van der Waals surface area contributed by atoms with Crippen LogP contribution < -0.4 is 10.7 Å². The number of aliphatic imine (C=N–C) groups is 1. The van der Waals surface area contributed by atoms with Crippen molar-refractivity contribution in [3.05, 3.63) is 57.9 Å². The van der Waals surface area contributed by atoms with E-state index in [4.69, 9.17) is 14.7 Å². The summed E-state index contributed by atoms with van der Waals surface area (Å²) < 4.78 is 5.61. The minimum atomic E-state index is 0.649. The molecular weight excluding hydrogens is 286 g/mol. The van der Waals surface area contributed by atoms with Crippen molar-refractivity contribution in [2.75, 3.05) is 13.2 Å². The zero-order valence-electron chi connectivity index (χ0n) is 13.1. The molecule has 0 saturated heterocycles. The van der Waals surface area contributed by atoms with Gasteiger partial charge in [-0.05, 0) is 37.1 Å². The van der Waals surface area contributed by atoms with Crippen molar-refractivity contribution in [2.24, 2.45) is 15.0 Å². The number of hydrogen-bond acceptors (Lipinski definition) is 4. The molecule has 0 aromatic heterocycles. The summed E-state index contributed by atoms with van der Waals surface area (Å²) in [4.78, 5) is 14.0. The van der Waals surface area contributed by atoms with Crippen LogP contribution in [0.5, 0.6) is 0 Å². The van der Waals surface area contributed by atoms with Gasteiger partial charge in [-0.15, -0.1) is 0 Å². The summed E-state index contributed by atoms with van der Waals surface area (Å²) in [5, 5.41) is 2.06. The van der Waals surface area contributed by atoms with Crippen molar-refractivity contribution in [1.82, 2.24) is 0 Å². The zero-order valence-corrected chi connectivity index (χ0v) is 13.1. The number of benzene rings is 2. The predicted molar refractivity (Wildman–Crippen MR) is 89.4 cm³/mol. The maximum absolute atomic E-state index is 5.61. The molecule has 4 heteroatoms. The standard InChI is InChI=1S/C19H15N3O/c1-10-16-11(2)18(19-20-7-8-23-19)22-15(16)9-13-12-5-3-4-6-14(12)21-17(10)13/h3-6,9H,7-8H2,1-2H3. The summed E-state index contributed by atoms with van der Waals surface area (Å²) in [5.74, 6) is 0.676. The third-order valence-electron chi connectivity index (χ3n) is 4.70. The molecule has 0 radical (unpaired) electrons. The van der Waals surface area contributed by atoms with Crippen LogP contribution in [0.15, 0.2) is 51.0 Å². The second-order valence-electron chi connectivity index (χ2n) is 6.04. The molecule has 3 aliphatic heterocycles. The fraction of sp³-hybridized carbons (Fsp3) is 0.211. The molecule has 0 unspecified atom stereocenters. The maximum atomic E-state index is 5.61. The van der Waals surface area contributed by atoms with Gasteiger partial charge in [-0.1, -0.05) is 18.2 Å². The molecule has 0 amide bonds. The lowest BCUT2D eigenvalue weighted by Crippen LogP contribution is -2.18. The van der Waals surface area contributed by atoms with Crippen LogP contribution in [0.1, 0.15) is 18.1 Å². The first-order valence-corrected chi connectivity index (χ1v) is 7.83. The largest absolute Gasteiger partial charge is 0.474 e. The van der Waals surface area contributed by atoms with Crippen molar-refractivity contribution in [3.8, 4) is 11.1 Å². The summed E-state index contributed by atoms with van der Waals surface area (Å²) >= 11 is 0. The highest BCUT2D eigenvalue weighted by molar-refractivity contribution is 6.03. The third-order valence-corrected chi connectivity index (χ3v) is 4.70. The average Bonchev–Trinajstić information content (AvgIpc) is 3.26. The summed E-state index contributed by atoms with van der Waals surface area (Å²) in [7, 11) is 0. The summed E-state index contributed by atoms with van der Waals surface area (Å²) in [6.45, 7) is 5.59. The molecule has 23 heavy (non-hydrogen) atoms. The number of fused-ring (bicyclic) bond motifs is 4. The Morgan fingerprint density at radius 3 is 2.74 bits per heavy atom. The molecule has 3 aliphatic rings. The lowest BCUT2D eigenvalue weighted by atomic mass is 9.96. The van der Waals surface area contributed by atoms with E-state index in [1.807, 2.05) is 6.07 Å². The van der Waals surface area contributed by atoms with Gasteiger partial charge in [0, 0.05) is 16.7 Å². The Labute approximate surface area is 133 Å². The Bertz CT molecular complexity index is 1060. The van der Waals surface area contributed by atoms with Crippen LogP contribution >= 0.6 is 0 Å². The van der Waals surface area contributed by atoms with Crippen LogP contribution in [0.4, 0.5) is 5.69 Å². The first-order chi connectivity index (χ1) is 11.2. The van der Waals surface area contributed by atoms with Gasteiger partial charge < -0.3 is 4.74 Å². The maximum Gasteiger partial charge on any atom is 0.235 e. The van der Waals surface area contributed by atoms with Crippen molar-refractivity contribution < 1.29 is 4.74 Å². The second-order valence-corrected chi connectivity index (χ2v) is 6.04. The monoisotopic (exact) mass is 301 g/mol. The van der Waals surface area contributed by atoms with E-state index < -0.39 is 0 Å². The van der Waals surface area contributed by atoms with Gasteiger partial charge in [0.25, 0.3) is 0 Å². The molecule has 0 fully saturated rings. The number of hydrogen-bond donors (Lipinski definition) is 0. The highest BCUT2D eigenvalue weighted by Gasteiger charge is 2.26. The van der Waals surface area contributed by atoms with Gasteiger partial charge in [-0.25, -0.2) is 15.0 Å². The molecule has 2 aromatic rings. The van der Waals surface area contributed by atoms with Crippen LogP contribution in [-0.2, 0) is 4.74 Å². The molecule has 0 N–H and O–H groups in total. The predicted octanol–water partition coefficient (Wildman–Crippen LogP) is 2.72. The highest BCUT2D eigenvalue weighted by atomic mass is 16.5. The Kier molecular flexibility index (Phi) is 2.43. The summed E-state index contributed by atoms with van der Waals surface area (Å²) in [6.07, 6.45) is 0. The van der Waals surface area contributed by atoms with E-state index in [1.165, 1.54) is 22.3 Å². The summed E-state index contributed by atoms with van der Waals surface area (Å²) in [5.41, 5.74) is 7.76. The first-order valence-electron chi connectivity index (χ1n) is 7.83. The number of ether oxygens (including phenoxy) is 1. The number of para-hydroxylation sites is 1. The van der Waals surface area contributed by atoms with Gasteiger partial charge in [0.2, 0.25) is 5.90 Å². The fourth-order valence-electron chi connectivity index (χ4n) is 3.63. The van der Waals surface area contributed by atoms with E-state index in [1.54, 1.807) is 0 Å². The number of allylic oxidation sites excluding steroid dienone is 1. The van der Waals surface area contributed by atoms with Crippen molar-refractivity contribution in [2.45, 2.75) is 13.8 Å². The smallest absolute Gasteiger partial charge is 0.235 e. The normalized spacial score (nSPS) is 17.0. The van der Waals surface area contributed by atoms with Gasteiger partial charge >= 0.3 is 0 Å². The molecule has 0 bridgehead atoms. The van der Waals surface area contributed by atoms with Crippen molar-refractivity contribution >= 4 is 17.2 Å². The van der Waals surface area contributed by atoms with Crippen LogP contribution in [0.2, 0.25) is 0 Å². The number of nitrogens with zero attached hydrogens (tertiary/aromatic N) is 3. The van der Waals surface area contributed by atoms with Gasteiger partial charge in [-0.3, -0.25) is 0 Å². The van der Waals surface area contributed by atoms with Crippen molar-refractivity contribution in [3.63, 3.8) is 0 Å². The van der Waals surface area contributed by atoms with Crippen LogP contribution in [0.25, 0.3) is 16.7 Å². The van der Waals surface area contributed by atoms with Crippen LogP contribution in [0, 0.1) is 6.92 Å². The van der Waals surface area contributed by atoms with E-state index in [0.717, 1.165) is 34.2 Å².